The smallest absolute Gasteiger partial charge is 0.245 e. The molecule has 20 heavy (non-hydrogen) atoms. The van der Waals surface area contributed by atoms with Crippen molar-refractivity contribution in [2.45, 2.75) is 46.6 Å². The minimum Gasteiger partial charge on any atom is -0.473 e. The second kappa shape index (κ2) is 6.54. The van der Waals surface area contributed by atoms with Crippen LogP contribution < -0.4 is 10.1 Å². The van der Waals surface area contributed by atoms with Gasteiger partial charge in [0.1, 0.15) is 5.52 Å². The topological polar surface area (TPSA) is 75.7 Å². The molecule has 0 aromatic carbocycles. The normalized spacial score (nSPS) is 12.8. The Bertz CT molecular complexity index is 551. The van der Waals surface area contributed by atoms with Gasteiger partial charge in [0, 0.05) is 6.54 Å². The zero-order chi connectivity index (χ0) is 14.5. The highest BCUT2D eigenvalue weighted by Crippen LogP contribution is 2.23. The van der Waals surface area contributed by atoms with E-state index in [-0.39, 0.29) is 6.10 Å². The van der Waals surface area contributed by atoms with Crippen LogP contribution in [0.1, 0.15) is 40.5 Å². The zero-order valence-electron chi connectivity index (χ0n) is 12.6. The molecule has 6 nitrogen and oxygen atoms in total. The SMILES string of the molecule is CCCNc1nc(OC(C)CC(C)C)c2[nH]cnc2n1. The number of anilines is 1. The molecule has 0 bridgehead atoms. The van der Waals surface area contributed by atoms with Crippen LogP contribution in [0.3, 0.4) is 0 Å². The molecule has 0 aliphatic carbocycles. The minimum atomic E-state index is 0.107. The van der Waals surface area contributed by atoms with Crippen molar-refractivity contribution >= 4 is 17.1 Å². The van der Waals surface area contributed by atoms with Crippen molar-refractivity contribution in [2.75, 3.05) is 11.9 Å². The number of ether oxygens (including phenoxy) is 1. The Hall–Kier alpha value is -1.85. The summed E-state index contributed by atoms with van der Waals surface area (Å²) in [6.07, 6.45) is 3.72. The van der Waals surface area contributed by atoms with Crippen LogP contribution in [-0.4, -0.2) is 32.6 Å². The molecular formula is C14H23N5O. The van der Waals surface area contributed by atoms with Gasteiger partial charge >= 0.3 is 0 Å². The zero-order valence-corrected chi connectivity index (χ0v) is 12.6. The Balaban J connectivity index is 2.22. The van der Waals surface area contributed by atoms with Crippen LogP contribution in [0.2, 0.25) is 0 Å². The van der Waals surface area contributed by atoms with Gasteiger partial charge in [0.2, 0.25) is 11.8 Å². The number of H-pyrrole nitrogens is 1. The molecule has 110 valence electrons. The van der Waals surface area contributed by atoms with Gasteiger partial charge in [0.15, 0.2) is 5.65 Å². The summed E-state index contributed by atoms with van der Waals surface area (Å²) >= 11 is 0. The van der Waals surface area contributed by atoms with Gasteiger partial charge in [-0.1, -0.05) is 20.8 Å². The molecule has 2 aromatic heterocycles. The van der Waals surface area contributed by atoms with Gasteiger partial charge in [-0.25, -0.2) is 4.98 Å². The standard InChI is InChI=1S/C14H23N5O/c1-5-6-15-14-18-12-11(16-8-17-12)13(19-14)20-10(4)7-9(2)3/h8-10H,5-7H2,1-4H3,(H2,15,16,17,18,19). The van der Waals surface area contributed by atoms with E-state index in [1.165, 1.54) is 0 Å². The fraction of sp³-hybridized carbons (Fsp3) is 0.643. The summed E-state index contributed by atoms with van der Waals surface area (Å²) < 4.78 is 5.96. The highest BCUT2D eigenvalue weighted by atomic mass is 16.5. The monoisotopic (exact) mass is 277 g/mol. The number of imidazole rings is 1. The van der Waals surface area contributed by atoms with E-state index in [0.717, 1.165) is 24.9 Å². The molecule has 0 amide bonds. The van der Waals surface area contributed by atoms with E-state index in [9.17, 15) is 0 Å². The van der Waals surface area contributed by atoms with Gasteiger partial charge in [-0.3, -0.25) is 0 Å². The summed E-state index contributed by atoms with van der Waals surface area (Å²) in [5.74, 6) is 1.72. The summed E-state index contributed by atoms with van der Waals surface area (Å²) in [4.78, 5) is 16.0. The summed E-state index contributed by atoms with van der Waals surface area (Å²) in [5, 5.41) is 3.17. The van der Waals surface area contributed by atoms with Crippen molar-refractivity contribution in [2.24, 2.45) is 5.92 Å². The molecule has 0 aliphatic rings. The van der Waals surface area contributed by atoms with Gasteiger partial charge in [-0.15, -0.1) is 0 Å². The lowest BCUT2D eigenvalue weighted by Crippen LogP contribution is -2.16. The van der Waals surface area contributed by atoms with Crippen LogP contribution in [0, 0.1) is 5.92 Å². The van der Waals surface area contributed by atoms with Crippen molar-refractivity contribution in [1.82, 2.24) is 19.9 Å². The van der Waals surface area contributed by atoms with Crippen LogP contribution in [0.5, 0.6) is 5.88 Å². The average Bonchev–Trinajstić information content (AvgIpc) is 2.83. The lowest BCUT2D eigenvalue weighted by Gasteiger charge is -2.16. The number of hydrogen-bond acceptors (Lipinski definition) is 5. The molecule has 0 aliphatic heterocycles. The third-order valence-electron chi connectivity index (χ3n) is 2.90. The Labute approximate surface area is 119 Å². The van der Waals surface area contributed by atoms with Crippen molar-refractivity contribution in [1.29, 1.82) is 0 Å². The first-order chi connectivity index (χ1) is 9.60. The Kier molecular flexibility index (Phi) is 4.76. The van der Waals surface area contributed by atoms with Crippen LogP contribution in [0.15, 0.2) is 6.33 Å². The molecular weight excluding hydrogens is 254 g/mol. The first-order valence-electron chi connectivity index (χ1n) is 7.21. The molecule has 2 aromatic rings. The molecule has 2 heterocycles. The Morgan fingerprint density at radius 3 is 2.80 bits per heavy atom. The van der Waals surface area contributed by atoms with Gasteiger partial charge in [0.25, 0.3) is 0 Å². The highest BCUT2D eigenvalue weighted by Gasteiger charge is 2.14. The van der Waals surface area contributed by atoms with Crippen molar-refractivity contribution in [3.05, 3.63) is 6.33 Å². The number of fused-ring (bicyclic) bond motifs is 1. The van der Waals surface area contributed by atoms with E-state index in [0.29, 0.717) is 23.4 Å². The van der Waals surface area contributed by atoms with Gasteiger partial charge in [-0.05, 0) is 25.7 Å². The largest absolute Gasteiger partial charge is 0.473 e. The summed E-state index contributed by atoms with van der Waals surface area (Å²) in [7, 11) is 0. The van der Waals surface area contributed by atoms with Crippen LogP contribution >= 0.6 is 0 Å². The fourth-order valence-corrected chi connectivity index (χ4v) is 2.11. The lowest BCUT2D eigenvalue weighted by molar-refractivity contribution is 0.188. The Morgan fingerprint density at radius 1 is 1.30 bits per heavy atom. The number of nitrogens with zero attached hydrogens (tertiary/aromatic N) is 3. The third kappa shape index (κ3) is 3.59. The van der Waals surface area contributed by atoms with Crippen LogP contribution in [0.4, 0.5) is 5.95 Å². The van der Waals surface area contributed by atoms with Crippen molar-refractivity contribution < 1.29 is 4.74 Å². The molecule has 2 rings (SSSR count). The fourth-order valence-electron chi connectivity index (χ4n) is 2.11. The van der Waals surface area contributed by atoms with Crippen molar-refractivity contribution in [3.63, 3.8) is 0 Å². The Morgan fingerprint density at radius 2 is 2.10 bits per heavy atom. The maximum Gasteiger partial charge on any atom is 0.245 e. The number of nitrogens with one attached hydrogen (secondary N) is 2. The molecule has 0 radical (unpaired) electrons. The molecule has 0 spiro atoms. The molecule has 0 fully saturated rings. The molecule has 0 saturated heterocycles. The van der Waals surface area contributed by atoms with Crippen LogP contribution in [-0.2, 0) is 0 Å². The molecule has 1 atom stereocenters. The quantitative estimate of drug-likeness (QED) is 0.813. The highest BCUT2D eigenvalue weighted by molar-refractivity contribution is 5.76. The maximum absolute atomic E-state index is 5.96. The predicted octanol–water partition coefficient (Wildman–Crippen LogP) is 2.99. The second-order valence-corrected chi connectivity index (χ2v) is 5.44. The number of aromatic amines is 1. The van der Waals surface area contributed by atoms with Gasteiger partial charge in [0.05, 0.1) is 12.4 Å². The van der Waals surface area contributed by atoms with Crippen LogP contribution in [0.25, 0.3) is 11.2 Å². The van der Waals surface area contributed by atoms with E-state index in [1.54, 1.807) is 6.33 Å². The number of rotatable bonds is 7. The molecule has 6 heteroatoms. The number of hydrogen-bond donors (Lipinski definition) is 2. The van der Waals surface area contributed by atoms with E-state index in [2.05, 4.69) is 52.9 Å². The van der Waals surface area contributed by atoms with Gasteiger partial charge < -0.3 is 15.0 Å². The van der Waals surface area contributed by atoms with E-state index in [4.69, 9.17) is 4.74 Å². The van der Waals surface area contributed by atoms with E-state index >= 15 is 0 Å². The van der Waals surface area contributed by atoms with Gasteiger partial charge in [-0.2, -0.15) is 9.97 Å². The summed E-state index contributed by atoms with van der Waals surface area (Å²) in [5.41, 5.74) is 1.38. The number of aromatic nitrogens is 4. The summed E-state index contributed by atoms with van der Waals surface area (Å²) in [6.45, 7) is 9.35. The predicted molar refractivity (Wildman–Crippen MR) is 80.0 cm³/mol. The second-order valence-electron chi connectivity index (χ2n) is 5.44. The van der Waals surface area contributed by atoms with E-state index < -0.39 is 0 Å². The van der Waals surface area contributed by atoms with E-state index in [1.807, 2.05) is 0 Å². The first-order valence-corrected chi connectivity index (χ1v) is 7.21. The minimum absolute atomic E-state index is 0.107. The lowest BCUT2D eigenvalue weighted by atomic mass is 10.1. The average molecular weight is 277 g/mol. The molecule has 0 saturated carbocycles. The first kappa shape index (κ1) is 14.6. The summed E-state index contributed by atoms with van der Waals surface area (Å²) in [6, 6.07) is 0. The van der Waals surface area contributed by atoms with Crippen molar-refractivity contribution in [3.8, 4) is 5.88 Å². The third-order valence-corrected chi connectivity index (χ3v) is 2.90. The molecule has 2 N–H and O–H groups in total. The maximum atomic E-state index is 5.96. The molecule has 1 unspecified atom stereocenters.